The Balaban J connectivity index is 0.875. The van der Waals surface area contributed by atoms with Crippen LogP contribution in [0.2, 0.25) is 0 Å². The van der Waals surface area contributed by atoms with E-state index in [0.717, 1.165) is 111 Å². The van der Waals surface area contributed by atoms with Gasteiger partial charge in [-0.3, -0.25) is 0 Å². The van der Waals surface area contributed by atoms with E-state index in [9.17, 15) is 0 Å². The van der Waals surface area contributed by atoms with Gasteiger partial charge in [0.15, 0.2) is 17.5 Å². The van der Waals surface area contributed by atoms with Crippen molar-refractivity contribution in [2.75, 3.05) is 0 Å². The van der Waals surface area contributed by atoms with Crippen LogP contribution < -0.4 is 0 Å². The lowest BCUT2D eigenvalue weighted by Gasteiger charge is -2.12. The fourth-order valence-electron chi connectivity index (χ4n) is 11.1. The normalized spacial score (nSPS) is 11.7. The minimum atomic E-state index is 0.554. The van der Waals surface area contributed by atoms with Gasteiger partial charge in [0, 0.05) is 43.6 Å². The molecule has 0 amide bonds. The minimum absolute atomic E-state index is 0.554. The van der Waals surface area contributed by atoms with Crippen molar-refractivity contribution in [3.8, 4) is 84.4 Å². The average Bonchev–Trinajstić information content (AvgIpc) is 4.21. The minimum Gasteiger partial charge on any atom is -0.456 e. The quantitative estimate of drug-likeness (QED) is 0.152. The van der Waals surface area contributed by atoms with Crippen LogP contribution in [0.4, 0.5) is 0 Å². The van der Waals surface area contributed by atoms with E-state index in [1.54, 1.807) is 0 Å². The molecule has 15 rings (SSSR count). The third-order valence-electron chi connectivity index (χ3n) is 14.7. The van der Waals surface area contributed by atoms with Gasteiger partial charge < -0.3 is 13.4 Å². The Hall–Kier alpha value is -10.2. The van der Waals surface area contributed by atoms with E-state index in [1.807, 2.05) is 48.5 Å². The maximum absolute atomic E-state index is 6.69. The zero-order valence-corrected chi connectivity index (χ0v) is 40.4. The summed E-state index contributed by atoms with van der Waals surface area (Å²) in [6.45, 7) is 0. The van der Waals surface area contributed by atoms with Crippen molar-refractivity contribution in [1.82, 2.24) is 19.5 Å². The molecule has 0 fully saturated rings. The molecule has 4 heterocycles. The predicted octanol–water partition coefficient (Wildman–Crippen LogP) is 18.4. The molecule has 15 aromatic rings. The maximum Gasteiger partial charge on any atom is 0.164 e. The van der Waals surface area contributed by atoms with Crippen molar-refractivity contribution < 1.29 is 8.83 Å². The largest absolute Gasteiger partial charge is 0.456 e. The number of hydrogen-bond donors (Lipinski definition) is 0. The van der Waals surface area contributed by atoms with Gasteiger partial charge in [-0.2, -0.15) is 0 Å². The number of aromatic nitrogens is 4. The number of rotatable bonds is 8. The van der Waals surface area contributed by atoms with Crippen LogP contribution in [-0.4, -0.2) is 19.5 Å². The van der Waals surface area contributed by atoms with E-state index in [1.165, 1.54) is 21.9 Å². The summed E-state index contributed by atoms with van der Waals surface area (Å²) >= 11 is 0. The van der Waals surface area contributed by atoms with Gasteiger partial charge in [0.1, 0.15) is 22.3 Å². The van der Waals surface area contributed by atoms with Gasteiger partial charge in [-0.1, -0.05) is 188 Å². The molecule has 0 N–H and O–H groups in total. The molecule has 0 saturated heterocycles. The van der Waals surface area contributed by atoms with Crippen LogP contribution in [0.5, 0.6) is 0 Å². The van der Waals surface area contributed by atoms with Gasteiger partial charge in [-0.25, -0.2) is 15.0 Å². The van der Waals surface area contributed by atoms with Crippen LogP contribution in [0.15, 0.2) is 264 Å². The molecule has 0 saturated carbocycles. The molecule has 0 radical (unpaired) electrons. The zero-order chi connectivity index (χ0) is 49.4. The summed E-state index contributed by atoms with van der Waals surface area (Å²) in [6.07, 6.45) is 0. The third kappa shape index (κ3) is 7.22. The second-order valence-electron chi connectivity index (χ2n) is 19.1. The highest BCUT2D eigenvalue weighted by Gasteiger charge is 2.22. The van der Waals surface area contributed by atoms with E-state index in [4.69, 9.17) is 23.8 Å². The summed E-state index contributed by atoms with van der Waals surface area (Å²) in [5.74, 6) is 1.74. The van der Waals surface area contributed by atoms with Crippen molar-refractivity contribution in [3.05, 3.63) is 255 Å². The number of nitrogens with zero attached hydrogens (tertiary/aromatic N) is 4. The van der Waals surface area contributed by atoms with Crippen LogP contribution in [-0.2, 0) is 0 Å². The second-order valence-corrected chi connectivity index (χ2v) is 19.1. The zero-order valence-electron chi connectivity index (χ0n) is 40.4. The van der Waals surface area contributed by atoms with Crippen molar-refractivity contribution in [2.45, 2.75) is 0 Å². The van der Waals surface area contributed by atoms with Crippen LogP contribution in [0.25, 0.3) is 150 Å². The number of benzene rings is 11. The highest BCUT2D eigenvalue weighted by Crippen LogP contribution is 2.44. The maximum atomic E-state index is 6.69. The van der Waals surface area contributed by atoms with Crippen molar-refractivity contribution in [2.24, 2.45) is 0 Å². The average molecular weight is 959 g/mol. The van der Waals surface area contributed by atoms with Crippen LogP contribution >= 0.6 is 0 Å². The lowest BCUT2D eigenvalue weighted by molar-refractivity contribution is 0.668. The number of fused-ring (bicyclic) bond motifs is 9. The number of furan rings is 2. The molecule has 0 aliphatic rings. The van der Waals surface area contributed by atoms with E-state index in [-0.39, 0.29) is 0 Å². The molecule has 6 nitrogen and oxygen atoms in total. The molecule has 0 aliphatic heterocycles. The molecular formula is C69H42N4O2. The molecule has 4 aromatic heterocycles. The Morgan fingerprint density at radius 2 is 0.733 bits per heavy atom. The summed E-state index contributed by atoms with van der Waals surface area (Å²) in [5.41, 5.74) is 18.1. The molecular weight excluding hydrogens is 917 g/mol. The van der Waals surface area contributed by atoms with Gasteiger partial charge in [-0.15, -0.1) is 0 Å². The first-order valence-corrected chi connectivity index (χ1v) is 25.2. The van der Waals surface area contributed by atoms with E-state index < -0.39 is 0 Å². The lowest BCUT2D eigenvalue weighted by atomic mass is 9.93. The highest BCUT2D eigenvalue weighted by atomic mass is 16.3. The molecule has 0 bridgehead atoms. The van der Waals surface area contributed by atoms with Gasteiger partial charge >= 0.3 is 0 Å². The summed E-state index contributed by atoms with van der Waals surface area (Å²) in [6, 6.07) is 89.3. The third-order valence-corrected chi connectivity index (χ3v) is 14.7. The summed E-state index contributed by atoms with van der Waals surface area (Å²) in [4.78, 5) is 15.5. The highest BCUT2D eigenvalue weighted by molar-refractivity contribution is 6.16. The summed E-state index contributed by atoms with van der Waals surface area (Å²) < 4.78 is 15.8. The Morgan fingerprint density at radius 3 is 1.51 bits per heavy atom. The van der Waals surface area contributed by atoms with Gasteiger partial charge in [0.2, 0.25) is 0 Å². The summed E-state index contributed by atoms with van der Waals surface area (Å²) in [7, 11) is 0. The first-order chi connectivity index (χ1) is 37.1. The second kappa shape index (κ2) is 17.3. The van der Waals surface area contributed by atoms with Crippen LogP contribution in [0.1, 0.15) is 0 Å². The van der Waals surface area contributed by atoms with E-state index in [0.29, 0.717) is 17.5 Å². The Kier molecular flexibility index (Phi) is 9.78. The van der Waals surface area contributed by atoms with Gasteiger partial charge in [0.05, 0.1) is 22.1 Å². The molecule has 0 aliphatic carbocycles. The van der Waals surface area contributed by atoms with Crippen molar-refractivity contribution >= 4 is 65.7 Å². The van der Waals surface area contributed by atoms with Gasteiger partial charge in [-0.05, 0) is 111 Å². The SMILES string of the molecule is c1ccc(-c2ccc(-c3nc(-c4ccccc4)nc(-c4cc(-c5cccc(-c6ccc7oc8cccc(-n9c%10ccccc%10c%10cc(-c%11ccccc%11)ccc%109)c8c7c6)c5)c5c(c4)oc4ccccc45)n3)cc2)cc1. The predicted molar refractivity (Wildman–Crippen MR) is 307 cm³/mol. The molecule has 75 heavy (non-hydrogen) atoms. The molecule has 0 atom stereocenters. The molecule has 11 aromatic carbocycles. The van der Waals surface area contributed by atoms with Crippen LogP contribution in [0.3, 0.4) is 0 Å². The first-order valence-electron chi connectivity index (χ1n) is 25.2. The molecule has 0 spiro atoms. The van der Waals surface area contributed by atoms with E-state index in [2.05, 4.69) is 211 Å². The summed E-state index contributed by atoms with van der Waals surface area (Å²) in [5, 5.41) is 6.60. The Morgan fingerprint density at radius 1 is 0.253 bits per heavy atom. The number of para-hydroxylation sites is 2. The topological polar surface area (TPSA) is 69.9 Å². The fraction of sp³-hybridized carbons (Fsp3) is 0. The lowest BCUT2D eigenvalue weighted by Crippen LogP contribution is -2.00. The van der Waals surface area contributed by atoms with Crippen molar-refractivity contribution in [3.63, 3.8) is 0 Å². The Bertz CT molecular complexity index is 4690. The molecule has 0 unspecified atom stereocenters. The molecule has 6 heteroatoms. The van der Waals surface area contributed by atoms with E-state index >= 15 is 0 Å². The Labute approximate surface area is 431 Å². The monoisotopic (exact) mass is 958 g/mol. The van der Waals surface area contributed by atoms with Crippen LogP contribution in [0, 0.1) is 0 Å². The van der Waals surface area contributed by atoms with Crippen molar-refractivity contribution in [1.29, 1.82) is 0 Å². The molecule has 350 valence electrons. The number of hydrogen-bond acceptors (Lipinski definition) is 5. The fourth-order valence-corrected chi connectivity index (χ4v) is 11.1. The standard InChI is InChI=1S/C69H42N4O2/c1-4-16-43(17-5-1)45-30-32-47(33-31-45)68-70-67(46-20-8-3-9-21-46)71-69(72-68)52-41-55(65-54-25-11-13-28-61(54)75-64(65)42-52)51-23-14-22-48(38-51)50-35-37-62-57(40-50)66-60(27-15-29-63(66)74-62)73-58-26-12-10-24-53(58)56-39-49(34-36-59(56)73)44-18-6-2-7-19-44/h1-42H. The first kappa shape index (κ1) is 42.5. The van der Waals surface area contributed by atoms with Gasteiger partial charge in [0.25, 0.3) is 0 Å². The smallest absolute Gasteiger partial charge is 0.164 e.